The number of nitrogens with one attached hydrogen (secondary N) is 1. The average molecular weight is 506 g/mol. The Hall–Kier alpha value is -3.30. The lowest BCUT2D eigenvalue weighted by atomic mass is 9.78. The van der Waals surface area contributed by atoms with Crippen LogP contribution in [-0.2, 0) is 25.4 Å². The predicted molar refractivity (Wildman–Crippen MR) is 130 cm³/mol. The minimum Gasteiger partial charge on any atom is -0.504 e. The van der Waals surface area contributed by atoms with Crippen molar-refractivity contribution in [2.45, 2.75) is 71.5 Å². The third-order valence-electron chi connectivity index (χ3n) is 6.81. The van der Waals surface area contributed by atoms with Gasteiger partial charge in [-0.2, -0.15) is 0 Å². The summed E-state index contributed by atoms with van der Waals surface area (Å²) in [6.45, 7) is 13.6. The second-order valence-corrected chi connectivity index (χ2v) is 15.0. The van der Waals surface area contributed by atoms with Gasteiger partial charge in [0.25, 0.3) is 5.69 Å². The molecule has 1 aliphatic heterocycles. The van der Waals surface area contributed by atoms with Crippen molar-refractivity contribution in [2.24, 2.45) is 11.8 Å². The molecule has 190 valence electrons. The average Bonchev–Trinajstić information content (AvgIpc) is 2.74. The molecule has 1 aliphatic rings. The number of nitro groups is 1. The Morgan fingerprint density at radius 3 is 2.31 bits per heavy atom. The van der Waals surface area contributed by atoms with Gasteiger partial charge < -0.3 is 19.6 Å². The highest BCUT2D eigenvalue weighted by molar-refractivity contribution is 6.74. The highest BCUT2D eigenvalue weighted by atomic mass is 28.4. The van der Waals surface area contributed by atoms with Crippen LogP contribution in [0.25, 0.3) is 4.98 Å². The number of aliphatic hydroxyl groups excluding tert-OH is 1. The summed E-state index contributed by atoms with van der Waals surface area (Å²) in [6.07, 6.45) is -0.423. The zero-order valence-corrected chi connectivity index (χ0v) is 22.1. The van der Waals surface area contributed by atoms with Crippen molar-refractivity contribution in [3.63, 3.8) is 0 Å². The van der Waals surface area contributed by atoms with Crippen molar-refractivity contribution in [1.82, 2.24) is 5.32 Å². The minimum absolute atomic E-state index is 0.0546. The Morgan fingerprint density at radius 2 is 1.86 bits per heavy atom. The van der Waals surface area contributed by atoms with Gasteiger partial charge in [-0.25, -0.2) is 4.79 Å². The fraction of sp³-hybridized carbons (Fsp3) is 0.565. The summed E-state index contributed by atoms with van der Waals surface area (Å²) >= 11 is 0. The second kappa shape index (κ2) is 10.5. The van der Waals surface area contributed by atoms with Crippen molar-refractivity contribution in [2.75, 3.05) is 0 Å². The number of aliphatic hydroxyl groups is 1. The quantitative estimate of drug-likeness (QED) is 0.0730. The van der Waals surface area contributed by atoms with E-state index in [-0.39, 0.29) is 23.2 Å². The first-order chi connectivity index (χ1) is 16.1. The molecule has 0 spiro atoms. The molecule has 35 heavy (non-hydrogen) atoms. The number of hydrogen-bond donors (Lipinski definition) is 2. The number of nitro benzene ring substituents is 1. The van der Waals surface area contributed by atoms with Gasteiger partial charge in [-0.15, -0.1) is 0 Å². The number of amides is 1. The number of hydrogen-bond acceptors (Lipinski definition) is 8. The number of β-lactam (4-membered cyclic amide) rings is 1. The summed E-state index contributed by atoms with van der Waals surface area (Å²) < 4.78 is 11.5. The van der Waals surface area contributed by atoms with Crippen molar-refractivity contribution in [3.8, 4) is 0 Å². The van der Waals surface area contributed by atoms with Crippen LogP contribution >= 0.6 is 0 Å². The van der Waals surface area contributed by atoms with Crippen LogP contribution in [0.3, 0.4) is 0 Å². The Morgan fingerprint density at radius 1 is 1.29 bits per heavy atom. The number of non-ortho nitro benzene ring substituents is 1. The molecular formula is C23H33N4O7Si+. The maximum Gasteiger partial charge on any atom is 0.505 e. The maximum absolute atomic E-state index is 12.5. The lowest BCUT2D eigenvalue weighted by molar-refractivity contribution is -0.384. The van der Waals surface area contributed by atoms with E-state index >= 15 is 0 Å². The summed E-state index contributed by atoms with van der Waals surface area (Å²) in [4.78, 5) is 37.9. The maximum atomic E-state index is 12.5. The van der Waals surface area contributed by atoms with E-state index < -0.39 is 54.6 Å². The Bertz CT molecular complexity index is 1060. The molecule has 1 aromatic carbocycles. The normalized spacial score (nSPS) is 20.5. The molecule has 0 aromatic heterocycles. The number of carbonyl (C=O) groups is 2. The van der Waals surface area contributed by atoms with Crippen molar-refractivity contribution < 1.29 is 28.8 Å². The zero-order chi connectivity index (χ0) is 26.7. The number of esters is 1. The first-order valence-electron chi connectivity index (χ1n) is 11.3. The van der Waals surface area contributed by atoms with E-state index in [9.17, 15) is 30.2 Å². The van der Waals surface area contributed by atoms with E-state index in [2.05, 4.69) is 44.2 Å². The minimum atomic E-state index is -2.16. The van der Waals surface area contributed by atoms with Gasteiger partial charge in [-0.3, -0.25) is 14.9 Å². The van der Waals surface area contributed by atoms with Gasteiger partial charge in [0.05, 0.1) is 23.0 Å². The van der Waals surface area contributed by atoms with Crippen LogP contribution in [0.2, 0.25) is 18.1 Å². The molecular weight excluding hydrogens is 472 g/mol. The number of benzene rings is 1. The first-order valence-corrected chi connectivity index (χ1v) is 14.2. The number of carbonyl (C=O) groups excluding carboxylic acids is 2. The van der Waals surface area contributed by atoms with Gasteiger partial charge in [0.1, 0.15) is 6.61 Å². The molecule has 2 N–H and O–H groups in total. The molecule has 0 radical (unpaired) electrons. The van der Waals surface area contributed by atoms with E-state index in [0.717, 1.165) is 0 Å². The van der Waals surface area contributed by atoms with E-state index in [0.29, 0.717) is 5.56 Å². The monoisotopic (exact) mass is 505 g/mol. The van der Waals surface area contributed by atoms with Gasteiger partial charge in [-0.05, 0) is 42.8 Å². The fourth-order valence-electron chi connectivity index (χ4n) is 3.59. The Kier molecular flexibility index (Phi) is 8.41. The first kappa shape index (κ1) is 27.9. The molecule has 0 saturated carbocycles. The molecule has 2 rings (SSSR count). The summed E-state index contributed by atoms with van der Waals surface area (Å²) in [6, 6.07) is 4.84. The molecule has 0 bridgehead atoms. The predicted octanol–water partition coefficient (Wildman–Crippen LogP) is 4.42. The van der Waals surface area contributed by atoms with Crippen LogP contribution in [0.4, 0.5) is 5.69 Å². The molecule has 11 nitrogen and oxygen atoms in total. The van der Waals surface area contributed by atoms with Gasteiger partial charge in [0.2, 0.25) is 17.1 Å². The molecule has 1 heterocycles. The van der Waals surface area contributed by atoms with Crippen LogP contribution in [0.5, 0.6) is 0 Å². The number of ether oxygens (including phenoxy) is 1. The van der Waals surface area contributed by atoms with Crippen LogP contribution in [-0.4, -0.2) is 42.4 Å². The van der Waals surface area contributed by atoms with E-state index in [4.69, 9.17) is 9.16 Å². The number of rotatable bonds is 9. The number of diazo groups is 1. The van der Waals surface area contributed by atoms with Crippen LogP contribution in [0, 0.1) is 27.3 Å². The number of nitrogens with zero attached hydrogens (tertiary/aromatic N) is 3. The van der Waals surface area contributed by atoms with E-state index in [1.807, 2.05) is 6.92 Å². The van der Waals surface area contributed by atoms with Crippen molar-refractivity contribution in [1.29, 1.82) is 5.39 Å². The van der Waals surface area contributed by atoms with Gasteiger partial charge in [0, 0.05) is 18.1 Å². The summed E-state index contributed by atoms with van der Waals surface area (Å²) in [5.41, 5.74) is -0.324. The van der Waals surface area contributed by atoms with Gasteiger partial charge >= 0.3 is 11.7 Å². The fourth-order valence-corrected chi connectivity index (χ4v) is 5.02. The van der Waals surface area contributed by atoms with Crippen LogP contribution < -0.4 is 5.32 Å². The highest BCUT2D eigenvalue weighted by Crippen LogP contribution is 2.40. The lowest BCUT2D eigenvalue weighted by Gasteiger charge is -2.46. The molecule has 1 fully saturated rings. The lowest BCUT2D eigenvalue weighted by Crippen LogP contribution is -2.66. The summed E-state index contributed by atoms with van der Waals surface area (Å²) in [7, 11) is -2.16. The summed E-state index contributed by atoms with van der Waals surface area (Å²) in [5.74, 6) is -3.15. The van der Waals surface area contributed by atoms with Gasteiger partial charge in [-0.1, -0.05) is 27.7 Å². The zero-order valence-electron chi connectivity index (χ0n) is 21.1. The molecule has 1 saturated heterocycles. The summed E-state index contributed by atoms with van der Waals surface area (Å²) in [5, 5.41) is 33.5. The molecule has 12 heteroatoms. The SMILES string of the molecule is C[C@@H](O[Si](C)(C)C(C)(C)C)[C@H]1C(=O)N[C@@H]1[C@@H](C)/C(O)=C(\[N+]#N)C(=O)OCc1ccc([N+](=O)[O-])cc1. The van der Waals surface area contributed by atoms with Crippen LogP contribution in [0.15, 0.2) is 35.7 Å². The van der Waals surface area contributed by atoms with Gasteiger partial charge in [0.15, 0.2) is 13.3 Å². The Labute approximate surface area is 205 Å². The van der Waals surface area contributed by atoms with E-state index in [1.54, 1.807) is 6.92 Å². The third-order valence-corrected chi connectivity index (χ3v) is 11.4. The largest absolute Gasteiger partial charge is 0.505 e. The molecule has 4 atom stereocenters. The van der Waals surface area contributed by atoms with Crippen LogP contribution in [0.1, 0.15) is 40.2 Å². The Balaban J connectivity index is 2.12. The van der Waals surface area contributed by atoms with Crippen molar-refractivity contribution in [3.05, 3.63) is 56.4 Å². The second-order valence-electron chi connectivity index (χ2n) is 10.3. The van der Waals surface area contributed by atoms with E-state index in [1.165, 1.54) is 24.3 Å². The molecule has 1 amide bonds. The molecule has 1 aromatic rings. The van der Waals surface area contributed by atoms with Crippen molar-refractivity contribution >= 4 is 25.9 Å². The topological polar surface area (TPSA) is 156 Å². The third kappa shape index (κ3) is 6.23. The standard InChI is InChI=1S/C23H32N4O7Si/c1-13(18-17(21(29)25-18)14(2)34-35(6,7)23(3,4)5)20(28)19(26-24)22(30)33-12-15-8-10-16(11-9-15)27(31)32/h8-11,13-14,17-18H,12H2,1-7H3,(H-,25,28,29,30)/p+1/t13-,14-,17-,18-/m1/s1. The smallest absolute Gasteiger partial charge is 0.504 e. The highest BCUT2D eigenvalue weighted by Gasteiger charge is 2.51. The molecule has 0 unspecified atom stereocenters. The molecule has 0 aliphatic carbocycles.